The molecule has 1 aliphatic carbocycles. The van der Waals surface area contributed by atoms with Crippen molar-refractivity contribution in [3.8, 4) is 11.5 Å². The topological polar surface area (TPSA) is 136 Å². The lowest BCUT2D eigenvalue weighted by Gasteiger charge is -2.15. The predicted octanol–water partition coefficient (Wildman–Crippen LogP) is 0.981. The molecule has 1 fully saturated rings. The van der Waals surface area contributed by atoms with Gasteiger partial charge in [-0.05, 0) is 42.9 Å². The zero-order valence-corrected chi connectivity index (χ0v) is 14.5. The lowest BCUT2D eigenvalue weighted by Crippen LogP contribution is -2.32. The van der Waals surface area contributed by atoms with E-state index in [9.17, 15) is 14.7 Å². The Morgan fingerprint density at radius 3 is 2.85 bits per heavy atom. The number of imidazole rings is 1. The highest BCUT2D eigenvalue weighted by atomic mass is 16.3. The molecule has 3 aromatic rings. The maximum atomic E-state index is 12.8. The fourth-order valence-electron chi connectivity index (χ4n) is 3.16. The van der Waals surface area contributed by atoms with Crippen molar-refractivity contribution in [2.45, 2.75) is 19.3 Å². The Morgan fingerprint density at radius 1 is 1.41 bits per heavy atom. The van der Waals surface area contributed by atoms with Gasteiger partial charge < -0.3 is 20.6 Å². The van der Waals surface area contributed by atoms with Crippen LogP contribution in [0.15, 0.2) is 35.2 Å². The van der Waals surface area contributed by atoms with Crippen LogP contribution in [0.3, 0.4) is 0 Å². The number of aliphatic hydroxyl groups excluding tert-OH is 1. The Morgan fingerprint density at radius 2 is 2.22 bits per heavy atom. The van der Waals surface area contributed by atoms with E-state index in [0.717, 1.165) is 12.8 Å². The summed E-state index contributed by atoms with van der Waals surface area (Å²) in [5.74, 6) is -0.595. The van der Waals surface area contributed by atoms with Crippen molar-refractivity contribution in [1.82, 2.24) is 19.7 Å². The Labute approximate surface area is 154 Å². The number of hydrogen-bond acceptors (Lipinski definition) is 6. The molecule has 1 aliphatic rings. The molecule has 140 valence electrons. The van der Waals surface area contributed by atoms with Crippen LogP contribution in [0.4, 0.5) is 0 Å². The summed E-state index contributed by atoms with van der Waals surface area (Å²) in [5.41, 5.74) is 6.20. The first kappa shape index (κ1) is 17.2. The number of carbonyl (C=O) groups is 2. The van der Waals surface area contributed by atoms with Crippen molar-refractivity contribution in [1.29, 1.82) is 0 Å². The molecular weight excluding hydrogens is 350 g/mol. The molecule has 0 radical (unpaired) electrons. The Balaban J connectivity index is 1.72. The highest BCUT2D eigenvalue weighted by molar-refractivity contribution is 5.99. The van der Waals surface area contributed by atoms with Crippen LogP contribution in [-0.2, 0) is 0 Å². The summed E-state index contributed by atoms with van der Waals surface area (Å²) in [6.45, 7) is 0.575. The average Bonchev–Trinajstić information content (AvgIpc) is 3.07. The molecule has 4 N–H and O–H groups in total. The molecule has 3 aromatic heterocycles. The minimum atomic E-state index is -0.729. The molecule has 2 amide bonds. The third kappa shape index (κ3) is 3.17. The number of amides is 2. The van der Waals surface area contributed by atoms with Crippen molar-refractivity contribution in [3.63, 3.8) is 0 Å². The molecule has 4 rings (SSSR count). The first-order valence-corrected chi connectivity index (χ1v) is 8.64. The maximum absolute atomic E-state index is 12.8. The molecule has 0 saturated heterocycles. The number of hydrogen-bond donors (Lipinski definition) is 3. The smallest absolute Gasteiger partial charge is 0.271 e. The van der Waals surface area contributed by atoms with Gasteiger partial charge in [0.25, 0.3) is 11.8 Å². The molecule has 1 saturated carbocycles. The monoisotopic (exact) mass is 369 g/mol. The second-order valence-electron chi connectivity index (χ2n) is 6.81. The van der Waals surface area contributed by atoms with Crippen LogP contribution in [0.5, 0.6) is 0 Å². The van der Waals surface area contributed by atoms with Crippen molar-refractivity contribution in [2.75, 3.05) is 13.2 Å². The van der Waals surface area contributed by atoms with Crippen LogP contribution < -0.4 is 11.1 Å². The van der Waals surface area contributed by atoms with Crippen molar-refractivity contribution in [2.24, 2.45) is 11.1 Å². The molecular formula is C18H19N5O4. The third-order valence-electron chi connectivity index (χ3n) is 4.96. The number of nitrogens with two attached hydrogens (primary N) is 1. The van der Waals surface area contributed by atoms with Crippen LogP contribution in [0.2, 0.25) is 0 Å². The number of nitrogens with zero attached hydrogens (tertiary/aromatic N) is 3. The van der Waals surface area contributed by atoms with Gasteiger partial charge in [-0.15, -0.1) is 0 Å². The molecule has 0 spiro atoms. The summed E-state index contributed by atoms with van der Waals surface area (Å²) < 4.78 is 6.81. The Hall–Kier alpha value is -3.20. The minimum Gasteiger partial charge on any atom is -0.463 e. The fourth-order valence-corrected chi connectivity index (χ4v) is 3.16. The van der Waals surface area contributed by atoms with E-state index in [-0.39, 0.29) is 35.0 Å². The summed E-state index contributed by atoms with van der Waals surface area (Å²) >= 11 is 0. The van der Waals surface area contributed by atoms with E-state index in [4.69, 9.17) is 10.2 Å². The molecule has 9 nitrogen and oxygen atoms in total. The van der Waals surface area contributed by atoms with E-state index in [0.29, 0.717) is 24.4 Å². The largest absolute Gasteiger partial charge is 0.463 e. The van der Waals surface area contributed by atoms with Gasteiger partial charge in [-0.1, -0.05) is 0 Å². The highest BCUT2D eigenvalue weighted by Gasteiger charge is 2.42. The number of aliphatic hydroxyl groups is 1. The average molecular weight is 369 g/mol. The zero-order valence-electron chi connectivity index (χ0n) is 14.5. The minimum absolute atomic E-state index is 0.0172. The normalized spacial score (nSPS) is 15.0. The van der Waals surface area contributed by atoms with E-state index in [1.165, 1.54) is 17.0 Å². The number of rotatable bonds is 7. The molecule has 0 aliphatic heterocycles. The third-order valence-corrected chi connectivity index (χ3v) is 4.96. The van der Waals surface area contributed by atoms with Crippen LogP contribution in [0, 0.1) is 5.41 Å². The fraction of sp³-hybridized carbons (Fsp3) is 0.333. The number of nitrogens with one attached hydrogen (secondary N) is 1. The van der Waals surface area contributed by atoms with Gasteiger partial charge in [-0.2, -0.15) is 0 Å². The molecule has 0 aromatic carbocycles. The summed E-state index contributed by atoms with van der Waals surface area (Å²) in [6, 6.07) is 5.00. The van der Waals surface area contributed by atoms with E-state index in [1.807, 2.05) is 0 Å². The molecule has 3 heterocycles. The van der Waals surface area contributed by atoms with Crippen LogP contribution in [0.25, 0.3) is 17.1 Å². The maximum Gasteiger partial charge on any atom is 0.271 e. The number of primary amides is 1. The van der Waals surface area contributed by atoms with Crippen molar-refractivity contribution >= 4 is 17.5 Å². The first-order valence-electron chi connectivity index (χ1n) is 8.64. The number of furan rings is 1. The van der Waals surface area contributed by atoms with Gasteiger partial charge in [0, 0.05) is 13.2 Å². The van der Waals surface area contributed by atoms with Gasteiger partial charge in [0.15, 0.2) is 17.1 Å². The van der Waals surface area contributed by atoms with Crippen LogP contribution in [-0.4, -0.2) is 44.4 Å². The zero-order chi connectivity index (χ0) is 19.0. The van der Waals surface area contributed by atoms with Gasteiger partial charge in [0.05, 0.1) is 6.26 Å². The predicted molar refractivity (Wildman–Crippen MR) is 94.9 cm³/mol. The van der Waals surface area contributed by atoms with Gasteiger partial charge in [0.2, 0.25) is 0 Å². The van der Waals surface area contributed by atoms with E-state index in [2.05, 4.69) is 15.3 Å². The summed E-state index contributed by atoms with van der Waals surface area (Å²) in [6.07, 6.45) is 5.47. The first-order chi connectivity index (χ1) is 13.0. The standard InChI is InChI=1S/C18H19N5O4/c19-15(25)14-16-22-11(13-2-1-7-27-13)8-12(23(16)10-21-14)17(26)20-9-18(3-4-18)5-6-24/h1-2,7-8,10,24H,3-6,9H2,(H2,19,25)(H,20,26). The number of carbonyl (C=O) groups excluding carboxylic acids is 2. The second-order valence-corrected chi connectivity index (χ2v) is 6.81. The van der Waals surface area contributed by atoms with E-state index < -0.39 is 5.91 Å². The van der Waals surface area contributed by atoms with Gasteiger partial charge >= 0.3 is 0 Å². The quantitative estimate of drug-likeness (QED) is 0.568. The summed E-state index contributed by atoms with van der Waals surface area (Å²) in [5, 5.41) is 12.1. The van der Waals surface area contributed by atoms with Gasteiger partial charge in [0.1, 0.15) is 17.7 Å². The van der Waals surface area contributed by atoms with E-state index >= 15 is 0 Å². The molecule has 9 heteroatoms. The van der Waals surface area contributed by atoms with Crippen molar-refractivity contribution < 1.29 is 19.1 Å². The number of aromatic nitrogens is 3. The van der Waals surface area contributed by atoms with Crippen molar-refractivity contribution in [3.05, 3.63) is 42.2 Å². The second kappa shape index (κ2) is 6.51. The Kier molecular flexibility index (Phi) is 4.15. The van der Waals surface area contributed by atoms with Gasteiger partial charge in [-0.3, -0.25) is 14.0 Å². The molecule has 0 bridgehead atoms. The van der Waals surface area contributed by atoms with E-state index in [1.54, 1.807) is 18.2 Å². The summed E-state index contributed by atoms with van der Waals surface area (Å²) in [4.78, 5) is 32.9. The summed E-state index contributed by atoms with van der Waals surface area (Å²) in [7, 11) is 0. The Bertz CT molecular complexity index is 1000. The molecule has 27 heavy (non-hydrogen) atoms. The van der Waals surface area contributed by atoms with Crippen LogP contribution >= 0.6 is 0 Å². The van der Waals surface area contributed by atoms with Gasteiger partial charge in [-0.25, -0.2) is 9.97 Å². The SMILES string of the molecule is NC(=O)c1ncn2c(C(=O)NCC3(CCO)CC3)cc(-c3ccco3)nc12. The lowest BCUT2D eigenvalue weighted by molar-refractivity contribution is 0.0933. The highest BCUT2D eigenvalue weighted by Crippen LogP contribution is 2.47. The number of fused-ring (bicyclic) bond motifs is 1. The molecule has 0 unspecified atom stereocenters. The molecule has 0 atom stereocenters. The lowest BCUT2D eigenvalue weighted by atomic mass is 10.0. The van der Waals surface area contributed by atoms with Crippen LogP contribution in [0.1, 0.15) is 40.2 Å².